The van der Waals surface area contributed by atoms with Crippen molar-refractivity contribution in [1.29, 1.82) is 0 Å². The highest BCUT2D eigenvalue weighted by atomic mass is 16.3. The van der Waals surface area contributed by atoms with E-state index in [4.69, 9.17) is 4.42 Å². The van der Waals surface area contributed by atoms with Gasteiger partial charge in [0.15, 0.2) is 0 Å². The molecule has 1 aliphatic carbocycles. The molecule has 3 heterocycles. The summed E-state index contributed by atoms with van der Waals surface area (Å²) in [5.74, 6) is 0. The summed E-state index contributed by atoms with van der Waals surface area (Å²) in [7, 11) is 0. The van der Waals surface area contributed by atoms with Crippen LogP contribution in [0, 0.1) is 6.92 Å². The van der Waals surface area contributed by atoms with Gasteiger partial charge in [0.2, 0.25) is 0 Å². The molecule has 0 N–H and O–H groups in total. The molecule has 292 valence electrons. The van der Waals surface area contributed by atoms with E-state index in [9.17, 15) is 6.85 Å². The first kappa shape index (κ1) is 32.3. The van der Waals surface area contributed by atoms with Crippen molar-refractivity contribution >= 4 is 68.4 Å². The van der Waals surface area contributed by atoms with Crippen LogP contribution in [-0.2, 0) is 27.1 Å². The summed E-state index contributed by atoms with van der Waals surface area (Å²) in [6.07, 6.45) is 2.11. The number of benzene rings is 5. The average molecular weight is 758 g/mol. The minimum atomic E-state index is -0.468. The SMILES string of the molecule is [2H]c1cc(C(C)(C)C)cc([2H])c1N1c2cc(C)cc3c2B(c2cc(C(C)(C)C)cc([2H])c21)c1oc2cc4c(cc2c1N3c1c([2H])cc(C(C)(C)C)cc1[2H])C(C)(C)CCC4(C)C. The van der Waals surface area contributed by atoms with Crippen molar-refractivity contribution < 1.29 is 11.3 Å². The molecule has 0 saturated carbocycles. The highest BCUT2D eigenvalue weighted by Crippen LogP contribution is 2.52. The van der Waals surface area contributed by atoms with Crippen LogP contribution in [-0.4, -0.2) is 6.71 Å². The van der Waals surface area contributed by atoms with Crippen LogP contribution in [0.25, 0.3) is 11.0 Å². The molecule has 4 heteroatoms. The van der Waals surface area contributed by atoms with E-state index in [1.54, 1.807) is 0 Å². The number of hydrogen-bond donors (Lipinski definition) is 0. The predicted molar refractivity (Wildman–Crippen MR) is 246 cm³/mol. The Morgan fingerprint density at radius 3 is 1.60 bits per heavy atom. The summed E-state index contributed by atoms with van der Waals surface area (Å²) in [5, 5.41) is 0.943. The molecule has 3 nitrogen and oxygen atoms in total. The largest absolute Gasteiger partial charge is 0.468 e. The van der Waals surface area contributed by atoms with Gasteiger partial charge < -0.3 is 14.2 Å². The Labute approximate surface area is 349 Å². The van der Waals surface area contributed by atoms with Gasteiger partial charge in [-0.3, -0.25) is 0 Å². The highest BCUT2D eigenvalue weighted by Gasteiger charge is 2.48. The third-order valence-electron chi connectivity index (χ3n) is 13.2. The lowest BCUT2D eigenvalue weighted by molar-refractivity contribution is 0.332. The van der Waals surface area contributed by atoms with Crippen LogP contribution in [0.3, 0.4) is 0 Å². The van der Waals surface area contributed by atoms with Crippen LogP contribution in [0.4, 0.5) is 34.1 Å². The third kappa shape index (κ3) is 5.91. The van der Waals surface area contributed by atoms with Crippen LogP contribution < -0.4 is 26.4 Å². The van der Waals surface area contributed by atoms with Crippen molar-refractivity contribution in [2.75, 3.05) is 9.80 Å². The van der Waals surface area contributed by atoms with Crippen LogP contribution >= 0.6 is 0 Å². The lowest BCUT2D eigenvalue weighted by atomic mass is 9.35. The van der Waals surface area contributed by atoms with Gasteiger partial charge in [0.05, 0.1) is 18.2 Å². The van der Waals surface area contributed by atoms with Crippen LogP contribution in [0.1, 0.15) is 143 Å². The first-order valence-corrected chi connectivity index (χ1v) is 20.8. The monoisotopic (exact) mass is 758 g/mol. The second-order valence-electron chi connectivity index (χ2n) is 21.5. The summed E-state index contributed by atoms with van der Waals surface area (Å²) in [6, 6.07) is 21.9. The maximum Gasteiger partial charge on any atom is 0.297 e. The molecule has 0 saturated heterocycles. The van der Waals surface area contributed by atoms with Crippen LogP contribution in [0.15, 0.2) is 95.3 Å². The topological polar surface area (TPSA) is 19.6 Å². The number of fused-ring (bicyclic) bond motifs is 7. The Morgan fingerprint density at radius 1 is 0.596 bits per heavy atom. The van der Waals surface area contributed by atoms with Crippen molar-refractivity contribution in [3.05, 3.63) is 124 Å². The number of anilines is 6. The highest BCUT2D eigenvalue weighted by molar-refractivity contribution is 7.00. The Balaban J connectivity index is 1.46. The quantitative estimate of drug-likeness (QED) is 0.164. The smallest absolute Gasteiger partial charge is 0.297 e. The van der Waals surface area contributed by atoms with Crippen molar-refractivity contribution in [3.8, 4) is 0 Å². The zero-order chi connectivity index (χ0) is 45.1. The summed E-state index contributed by atoms with van der Waals surface area (Å²) >= 11 is 0. The molecular formula is C53H61BN2O. The molecule has 0 atom stereocenters. The third-order valence-corrected chi connectivity index (χ3v) is 13.2. The van der Waals surface area contributed by atoms with Gasteiger partial charge in [-0.25, -0.2) is 0 Å². The fraction of sp³-hybridized carbons (Fsp3) is 0.396. The van der Waals surface area contributed by atoms with Gasteiger partial charge in [0.25, 0.3) is 6.71 Å². The maximum absolute atomic E-state index is 9.90. The summed E-state index contributed by atoms with van der Waals surface area (Å²) in [6.45, 7) is 30.1. The maximum atomic E-state index is 9.90. The number of furan rings is 1. The molecule has 57 heavy (non-hydrogen) atoms. The van der Waals surface area contributed by atoms with Gasteiger partial charge >= 0.3 is 0 Å². The summed E-state index contributed by atoms with van der Waals surface area (Å²) < 4.78 is 56.0. The fourth-order valence-corrected chi connectivity index (χ4v) is 9.38. The molecular weight excluding hydrogens is 691 g/mol. The van der Waals surface area contributed by atoms with Crippen molar-refractivity contribution in [3.63, 3.8) is 0 Å². The number of nitrogens with zero attached hydrogens (tertiary/aromatic N) is 2. The van der Waals surface area contributed by atoms with Gasteiger partial charge in [-0.1, -0.05) is 126 Å². The minimum absolute atomic E-state index is 0.0606. The van der Waals surface area contributed by atoms with E-state index in [1.165, 1.54) is 11.1 Å². The van der Waals surface area contributed by atoms with E-state index < -0.39 is 6.71 Å². The van der Waals surface area contributed by atoms with E-state index in [1.807, 2.05) is 35.2 Å². The van der Waals surface area contributed by atoms with E-state index in [0.717, 1.165) is 74.1 Å². The van der Waals surface area contributed by atoms with Gasteiger partial charge in [-0.05, 0) is 146 Å². The molecule has 0 bridgehead atoms. The Morgan fingerprint density at radius 2 is 1.07 bits per heavy atom. The van der Waals surface area contributed by atoms with Gasteiger partial charge in [-0.2, -0.15) is 0 Å². The van der Waals surface area contributed by atoms with Gasteiger partial charge in [0.1, 0.15) is 5.58 Å². The molecule has 6 aromatic rings. The van der Waals surface area contributed by atoms with E-state index in [0.29, 0.717) is 28.8 Å². The molecule has 5 aromatic carbocycles. The Hall–Kier alpha value is -4.70. The van der Waals surface area contributed by atoms with Crippen molar-refractivity contribution in [2.24, 2.45) is 0 Å². The predicted octanol–water partition coefficient (Wildman–Crippen LogP) is 13.1. The Kier molecular flexibility index (Phi) is 6.89. The minimum Gasteiger partial charge on any atom is -0.468 e. The first-order valence-electron chi connectivity index (χ1n) is 23.3. The average Bonchev–Trinajstić information content (AvgIpc) is 3.51. The molecule has 0 fully saturated rings. The number of aryl methyl sites for hydroxylation is 1. The van der Waals surface area contributed by atoms with Crippen LogP contribution in [0.2, 0.25) is 0 Å². The van der Waals surface area contributed by atoms with E-state index in [-0.39, 0.29) is 51.2 Å². The number of hydrogen-bond acceptors (Lipinski definition) is 3. The molecule has 9 rings (SSSR count). The van der Waals surface area contributed by atoms with Crippen molar-refractivity contribution in [1.82, 2.24) is 0 Å². The second kappa shape index (κ2) is 12.2. The second-order valence-corrected chi connectivity index (χ2v) is 21.5. The van der Waals surface area contributed by atoms with Gasteiger partial charge in [-0.15, -0.1) is 0 Å². The van der Waals surface area contributed by atoms with Crippen LogP contribution in [0.5, 0.6) is 0 Å². The van der Waals surface area contributed by atoms with Crippen molar-refractivity contribution in [2.45, 2.75) is 137 Å². The molecule has 0 unspecified atom stereocenters. The van der Waals surface area contributed by atoms with E-state index in [2.05, 4.69) is 132 Å². The zero-order valence-corrected chi connectivity index (χ0v) is 36.6. The zero-order valence-electron chi connectivity index (χ0n) is 41.6. The normalized spacial score (nSPS) is 18.2. The lowest BCUT2D eigenvalue weighted by Crippen LogP contribution is -2.61. The molecule has 0 spiro atoms. The molecule has 1 aromatic heterocycles. The molecule has 3 aliphatic rings. The van der Waals surface area contributed by atoms with Gasteiger partial charge in [0, 0.05) is 33.8 Å². The first-order chi connectivity index (χ1) is 28.6. The fourth-order valence-electron chi connectivity index (χ4n) is 9.38. The van der Waals surface area contributed by atoms with E-state index >= 15 is 0 Å². The molecule has 2 aliphatic heterocycles. The lowest BCUT2D eigenvalue weighted by Gasteiger charge is -2.43. The summed E-state index contributed by atoms with van der Waals surface area (Å²) in [5.41, 5.74) is 12.6. The standard InChI is InChI=1S/C53H61BN2O/c1-32-27-43-46-44(28-32)56(37-22-17-34(18-23-37)50(5,6)7)47-38-30-39-40(53(13,14)26-25-52(39,11)12)31-45(38)57-48(47)54(46)41-29-35(51(8,9)10)19-24-42(41)55(43)36-20-15-33(16-21-36)49(2,3)4/h15-24,27-31H,25-26H2,1-14H3/i20D,21D,22D,23D,24D. The Bertz CT molecular complexity index is 2860. The molecule has 0 amide bonds. The summed E-state index contributed by atoms with van der Waals surface area (Å²) in [4.78, 5) is 4.11. The number of rotatable bonds is 2. The molecule has 0 radical (unpaired) electrons.